The SMILES string of the molecule is [2H]c1cccc([2H])c1NC(=O)c1c([2H])cccc1[2H]. The van der Waals surface area contributed by atoms with Crippen LogP contribution >= 0.6 is 0 Å². The lowest BCUT2D eigenvalue weighted by Crippen LogP contribution is -2.11. The summed E-state index contributed by atoms with van der Waals surface area (Å²) < 4.78 is 30.6. The van der Waals surface area contributed by atoms with Gasteiger partial charge < -0.3 is 5.32 Å². The van der Waals surface area contributed by atoms with Gasteiger partial charge in [-0.3, -0.25) is 4.79 Å². The van der Waals surface area contributed by atoms with Gasteiger partial charge in [0.2, 0.25) is 0 Å². The maximum Gasteiger partial charge on any atom is 0.255 e. The highest BCUT2D eigenvalue weighted by atomic mass is 16.1. The fourth-order valence-electron chi connectivity index (χ4n) is 1.08. The Labute approximate surface area is 94.2 Å². The van der Waals surface area contributed by atoms with E-state index in [0.29, 0.717) is 0 Å². The fraction of sp³-hybridized carbons (Fsp3) is 0. The summed E-state index contributed by atoms with van der Waals surface area (Å²) in [5.41, 5.74) is 0.0142. The Morgan fingerprint density at radius 2 is 1.47 bits per heavy atom. The fourth-order valence-corrected chi connectivity index (χ4v) is 1.08. The van der Waals surface area contributed by atoms with Crippen LogP contribution in [0.1, 0.15) is 15.8 Å². The van der Waals surface area contributed by atoms with Crippen LogP contribution in [0.25, 0.3) is 0 Å². The van der Waals surface area contributed by atoms with Crippen LogP contribution in [0.4, 0.5) is 5.69 Å². The van der Waals surface area contributed by atoms with Crippen LogP contribution in [0.2, 0.25) is 0 Å². The van der Waals surface area contributed by atoms with Gasteiger partial charge in [-0.15, -0.1) is 0 Å². The normalized spacial score (nSPS) is 13.3. The smallest absolute Gasteiger partial charge is 0.255 e. The number of carbonyl (C=O) groups excluding carboxylic acids is 1. The van der Waals surface area contributed by atoms with Crippen LogP contribution in [-0.2, 0) is 0 Å². The van der Waals surface area contributed by atoms with Crippen molar-refractivity contribution >= 4 is 11.6 Å². The Bertz CT molecular complexity index is 602. The minimum Gasteiger partial charge on any atom is -0.322 e. The molecule has 0 unspecified atom stereocenters. The van der Waals surface area contributed by atoms with Crippen LogP contribution in [0.15, 0.2) is 60.6 Å². The maximum atomic E-state index is 12.0. The second kappa shape index (κ2) is 4.42. The number of benzene rings is 2. The zero-order chi connectivity index (χ0) is 14.0. The van der Waals surface area contributed by atoms with E-state index in [9.17, 15) is 4.79 Å². The number of rotatable bonds is 2. The van der Waals surface area contributed by atoms with Gasteiger partial charge in [-0.2, -0.15) is 0 Å². The number of para-hydroxylation sites is 1. The van der Waals surface area contributed by atoms with E-state index in [0.717, 1.165) is 0 Å². The van der Waals surface area contributed by atoms with Crippen LogP contribution in [0.3, 0.4) is 0 Å². The molecule has 0 radical (unpaired) electrons. The predicted octanol–water partition coefficient (Wildman–Crippen LogP) is 2.94. The largest absolute Gasteiger partial charge is 0.322 e. The van der Waals surface area contributed by atoms with Crippen molar-refractivity contribution < 1.29 is 10.3 Å². The van der Waals surface area contributed by atoms with E-state index in [2.05, 4.69) is 5.32 Å². The molecule has 0 fully saturated rings. The van der Waals surface area contributed by atoms with Gasteiger partial charge in [0, 0.05) is 11.3 Å². The van der Waals surface area contributed by atoms with Crippen molar-refractivity contribution in [3.8, 4) is 0 Å². The molecule has 2 aromatic carbocycles. The first-order valence-corrected chi connectivity index (χ1v) is 4.44. The molecule has 0 aliphatic carbocycles. The Morgan fingerprint density at radius 3 is 2.07 bits per heavy atom. The number of carbonyl (C=O) groups is 1. The maximum absolute atomic E-state index is 12.0. The highest BCUT2D eigenvalue weighted by molar-refractivity contribution is 6.04. The zero-order valence-corrected chi connectivity index (χ0v) is 7.87. The van der Waals surface area contributed by atoms with Crippen molar-refractivity contribution in [2.75, 3.05) is 5.32 Å². The molecule has 0 saturated heterocycles. The van der Waals surface area contributed by atoms with Gasteiger partial charge >= 0.3 is 0 Å². The molecule has 0 atom stereocenters. The van der Waals surface area contributed by atoms with E-state index in [4.69, 9.17) is 5.48 Å². The van der Waals surface area contributed by atoms with Gasteiger partial charge in [0.15, 0.2) is 0 Å². The first kappa shape index (κ1) is 5.71. The molecular weight excluding hydrogens is 186 g/mol. The summed E-state index contributed by atoms with van der Waals surface area (Å²) in [4.78, 5) is 12.0. The topological polar surface area (TPSA) is 29.1 Å². The van der Waals surface area contributed by atoms with Gasteiger partial charge in [0.25, 0.3) is 5.91 Å². The van der Waals surface area contributed by atoms with Gasteiger partial charge in [0.05, 0.1) is 5.48 Å². The minimum absolute atomic E-state index is 0.0230. The van der Waals surface area contributed by atoms with E-state index in [1.165, 1.54) is 30.3 Å². The summed E-state index contributed by atoms with van der Waals surface area (Å²) in [6.45, 7) is 0. The van der Waals surface area contributed by atoms with E-state index in [-0.39, 0.29) is 35.4 Å². The lowest BCUT2D eigenvalue weighted by atomic mass is 10.2. The Morgan fingerprint density at radius 1 is 0.933 bits per heavy atom. The molecule has 1 amide bonds. The Balaban J connectivity index is 2.37. The third kappa shape index (κ3) is 2.44. The monoisotopic (exact) mass is 201 g/mol. The molecule has 0 saturated carbocycles. The highest BCUT2D eigenvalue weighted by Gasteiger charge is 2.03. The molecule has 74 valence electrons. The number of amides is 1. The molecule has 2 heteroatoms. The molecule has 0 aromatic heterocycles. The first-order chi connectivity index (χ1) is 9.00. The van der Waals surface area contributed by atoms with Crippen LogP contribution in [-0.4, -0.2) is 5.91 Å². The quantitative estimate of drug-likeness (QED) is 0.795. The highest BCUT2D eigenvalue weighted by Crippen LogP contribution is 2.07. The van der Waals surface area contributed by atoms with Crippen LogP contribution < -0.4 is 5.32 Å². The van der Waals surface area contributed by atoms with Gasteiger partial charge in [0.1, 0.15) is 0 Å². The third-order valence-corrected chi connectivity index (χ3v) is 1.76. The molecule has 2 rings (SSSR count). The van der Waals surface area contributed by atoms with Crippen molar-refractivity contribution in [1.82, 2.24) is 0 Å². The Hall–Kier alpha value is -2.09. The van der Waals surface area contributed by atoms with Crippen molar-refractivity contribution in [1.29, 1.82) is 0 Å². The standard InChI is InChI=1S/C13H11NO/c15-13(11-7-3-1-4-8-11)14-12-9-5-2-6-10-12/h1-10H,(H,14,15)/i7D,8D,9D,10D. The average Bonchev–Trinajstić information content (AvgIpc) is 2.34. The molecule has 1 N–H and O–H groups in total. The first-order valence-electron chi connectivity index (χ1n) is 6.44. The van der Waals surface area contributed by atoms with Crippen molar-refractivity contribution in [2.24, 2.45) is 0 Å². The summed E-state index contributed by atoms with van der Waals surface area (Å²) in [6, 6.07) is 8.76. The van der Waals surface area contributed by atoms with Gasteiger partial charge in [-0.1, -0.05) is 36.4 Å². The lowest BCUT2D eigenvalue weighted by Gasteiger charge is -2.03. The molecule has 0 spiro atoms. The average molecular weight is 201 g/mol. The summed E-state index contributed by atoms with van der Waals surface area (Å²) in [5.74, 6) is -0.649. The summed E-state index contributed by atoms with van der Waals surface area (Å²) in [5, 5.41) is 2.42. The number of anilines is 1. The van der Waals surface area contributed by atoms with Crippen LogP contribution in [0.5, 0.6) is 0 Å². The second-order valence-corrected chi connectivity index (χ2v) is 2.83. The Kier molecular flexibility index (Phi) is 1.68. The predicted molar refractivity (Wildman–Crippen MR) is 60.8 cm³/mol. The van der Waals surface area contributed by atoms with Crippen molar-refractivity contribution in [3.05, 3.63) is 66.1 Å². The molecular formula is C13H11NO. The molecule has 0 aliphatic heterocycles. The molecule has 2 nitrogen and oxygen atoms in total. The molecule has 2 aromatic rings. The number of hydrogen-bond acceptors (Lipinski definition) is 1. The molecule has 0 heterocycles. The molecule has 15 heavy (non-hydrogen) atoms. The zero-order valence-electron chi connectivity index (χ0n) is 11.9. The second-order valence-electron chi connectivity index (χ2n) is 2.83. The van der Waals surface area contributed by atoms with Crippen molar-refractivity contribution in [3.63, 3.8) is 0 Å². The molecule has 0 aliphatic rings. The van der Waals surface area contributed by atoms with Gasteiger partial charge in [-0.05, 0) is 24.2 Å². The van der Waals surface area contributed by atoms with Crippen molar-refractivity contribution in [2.45, 2.75) is 0 Å². The van der Waals surface area contributed by atoms with E-state index in [1.807, 2.05) is 0 Å². The van der Waals surface area contributed by atoms with Gasteiger partial charge in [-0.25, -0.2) is 0 Å². The summed E-state index contributed by atoms with van der Waals surface area (Å²) >= 11 is 0. The summed E-state index contributed by atoms with van der Waals surface area (Å²) in [7, 11) is 0. The van der Waals surface area contributed by atoms with E-state index >= 15 is 0 Å². The number of nitrogens with one attached hydrogen (secondary N) is 1. The van der Waals surface area contributed by atoms with E-state index < -0.39 is 5.91 Å². The van der Waals surface area contributed by atoms with Crippen LogP contribution in [0, 0.1) is 0 Å². The minimum atomic E-state index is -0.649. The lowest BCUT2D eigenvalue weighted by molar-refractivity contribution is 0.102. The number of hydrogen-bond donors (Lipinski definition) is 1. The summed E-state index contributed by atoms with van der Waals surface area (Å²) in [6.07, 6.45) is 0. The van der Waals surface area contributed by atoms with E-state index in [1.54, 1.807) is 6.07 Å². The molecule has 0 bridgehead atoms. The third-order valence-electron chi connectivity index (χ3n) is 1.76.